The summed E-state index contributed by atoms with van der Waals surface area (Å²) in [4.78, 5) is 13.6. The lowest BCUT2D eigenvalue weighted by Gasteiger charge is -2.43. The molecule has 3 heteroatoms. The summed E-state index contributed by atoms with van der Waals surface area (Å²) < 4.78 is 0. The van der Waals surface area contributed by atoms with Gasteiger partial charge in [0.25, 0.3) is 0 Å². The topological polar surface area (TPSA) is 32.3 Å². The molecule has 1 heterocycles. The third kappa shape index (κ3) is 2.03. The summed E-state index contributed by atoms with van der Waals surface area (Å²) in [5.74, 6) is 0.0971. The Balaban J connectivity index is 2.30. The molecule has 0 radical (unpaired) electrons. The van der Waals surface area contributed by atoms with Crippen LogP contribution in [0.5, 0.6) is 0 Å². The van der Waals surface area contributed by atoms with Crippen LogP contribution in [-0.4, -0.2) is 24.5 Å². The fourth-order valence-electron chi connectivity index (χ4n) is 1.99. The number of hydrogen-bond acceptors (Lipinski definition) is 2. The number of nitrogens with one attached hydrogen (secondary N) is 1. The van der Waals surface area contributed by atoms with Crippen LogP contribution in [0.15, 0.2) is 24.3 Å². The van der Waals surface area contributed by atoms with Crippen molar-refractivity contribution < 1.29 is 4.79 Å². The molecule has 3 nitrogen and oxygen atoms in total. The number of amides is 1. The molecule has 1 amide bonds. The number of hydrogen-bond donors (Lipinski definition) is 1. The summed E-state index contributed by atoms with van der Waals surface area (Å²) in [6.45, 7) is 7.49. The van der Waals surface area contributed by atoms with Crippen LogP contribution in [0.25, 0.3) is 0 Å². The van der Waals surface area contributed by atoms with Gasteiger partial charge in [-0.25, -0.2) is 0 Å². The van der Waals surface area contributed by atoms with Crippen LogP contribution in [0.2, 0.25) is 0 Å². The molecule has 0 atom stereocenters. The van der Waals surface area contributed by atoms with Gasteiger partial charge in [-0.05, 0) is 32.9 Å². The molecule has 16 heavy (non-hydrogen) atoms. The van der Waals surface area contributed by atoms with E-state index in [1.54, 1.807) is 0 Å². The number of carbonyl (C=O) groups is 1. The molecule has 0 saturated carbocycles. The lowest BCUT2D eigenvalue weighted by molar-refractivity contribution is -0.121. The predicted molar refractivity (Wildman–Crippen MR) is 65.6 cm³/mol. The molecule has 0 aromatic heterocycles. The molecule has 1 aromatic rings. The highest BCUT2D eigenvalue weighted by atomic mass is 16.2. The maximum atomic E-state index is 11.4. The van der Waals surface area contributed by atoms with Gasteiger partial charge in [-0.15, -0.1) is 0 Å². The van der Waals surface area contributed by atoms with E-state index in [4.69, 9.17) is 0 Å². The first-order chi connectivity index (χ1) is 7.49. The van der Waals surface area contributed by atoms with Gasteiger partial charge in [-0.3, -0.25) is 4.79 Å². The maximum Gasteiger partial charge on any atom is 0.239 e. The minimum Gasteiger partial charge on any atom is -0.355 e. The quantitative estimate of drug-likeness (QED) is 0.778. The molecular weight excluding hydrogens is 200 g/mol. The van der Waals surface area contributed by atoms with E-state index in [1.165, 1.54) is 5.56 Å². The van der Waals surface area contributed by atoms with Gasteiger partial charge in [0.2, 0.25) is 5.91 Å². The number of piperazine rings is 1. The molecule has 1 aliphatic rings. The van der Waals surface area contributed by atoms with Gasteiger partial charge in [0.15, 0.2) is 0 Å². The first kappa shape index (κ1) is 11.0. The Morgan fingerprint density at radius 2 is 1.88 bits per heavy atom. The number of anilines is 1. The van der Waals surface area contributed by atoms with Gasteiger partial charge in [0.05, 0.1) is 12.1 Å². The zero-order chi connectivity index (χ0) is 11.8. The summed E-state index contributed by atoms with van der Waals surface area (Å²) in [7, 11) is 0. The molecule has 1 saturated heterocycles. The van der Waals surface area contributed by atoms with Gasteiger partial charge >= 0.3 is 0 Å². The van der Waals surface area contributed by atoms with E-state index in [0.29, 0.717) is 13.1 Å². The summed E-state index contributed by atoms with van der Waals surface area (Å²) in [5, 5.41) is 2.90. The van der Waals surface area contributed by atoms with E-state index in [0.717, 1.165) is 5.69 Å². The van der Waals surface area contributed by atoms with Crippen molar-refractivity contribution in [2.45, 2.75) is 26.3 Å². The fraction of sp³-hybridized carbons (Fsp3) is 0.462. The normalized spacial score (nSPS) is 19.4. The van der Waals surface area contributed by atoms with Crippen LogP contribution in [0, 0.1) is 6.92 Å². The van der Waals surface area contributed by atoms with Crippen LogP contribution in [-0.2, 0) is 4.79 Å². The van der Waals surface area contributed by atoms with Crippen molar-refractivity contribution in [2.75, 3.05) is 18.0 Å². The van der Waals surface area contributed by atoms with Crippen LogP contribution in [0.4, 0.5) is 5.69 Å². The third-order valence-corrected chi connectivity index (χ3v) is 3.10. The van der Waals surface area contributed by atoms with Crippen molar-refractivity contribution in [3.8, 4) is 0 Å². The van der Waals surface area contributed by atoms with Gasteiger partial charge in [0.1, 0.15) is 0 Å². The summed E-state index contributed by atoms with van der Waals surface area (Å²) in [6, 6.07) is 8.32. The lowest BCUT2D eigenvalue weighted by Crippen LogP contribution is -2.60. The van der Waals surface area contributed by atoms with Crippen LogP contribution in [0.1, 0.15) is 19.4 Å². The van der Waals surface area contributed by atoms with Gasteiger partial charge in [-0.2, -0.15) is 0 Å². The molecule has 86 valence electrons. The standard InChI is InChI=1S/C13H18N2O/c1-10-4-6-11(7-5-10)15-8-12(16)14-9-13(15,2)3/h4-7H,8-9H2,1-3H3,(H,14,16). The third-order valence-electron chi connectivity index (χ3n) is 3.10. The molecule has 1 aromatic carbocycles. The van der Waals surface area contributed by atoms with Crippen molar-refractivity contribution in [3.63, 3.8) is 0 Å². The Morgan fingerprint density at radius 1 is 1.25 bits per heavy atom. The molecule has 0 spiro atoms. The molecular formula is C13H18N2O. The van der Waals surface area contributed by atoms with Crippen molar-refractivity contribution >= 4 is 11.6 Å². The highest BCUT2D eigenvalue weighted by Gasteiger charge is 2.33. The maximum absolute atomic E-state index is 11.4. The van der Waals surface area contributed by atoms with E-state index in [1.807, 2.05) is 0 Å². The second kappa shape index (κ2) is 3.81. The second-order valence-corrected chi connectivity index (χ2v) is 5.01. The summed E-state index contributed by atoms with van der Waals surface area (Å²) in [6.07, 6.45) is 0. The molecule has 0 unspecified atom stereocenters. The molecule has 0 bridgehead atoms. The first-order valence-corrected chi connectivity index (χ1v) is 5.60. The van der Waals surface area contributed by atoms with E-state index < -0.39 is 0 Å². The largest absolute Gasteiger partial charge is 0.355 e. The molecule has 2 rings (SSSR count). The smallest absolute Gasteiger partial charge is 0.239 e. The Labute approximate surface area is 96.5 Å². The van der Waals surface area contributed by atoms with Gasteiger partial charge in [0, 0.05) is 12.2 Å². The molecule has 0 aliphatic carbocycles. The lowest BCUT2D eigenvalue weighted by atomic mass is 9.98. The van der Waals surface area contributed by atoms with E-state index in [2.05, 4.69) is 55.3 Å². The Bertz CT molecular complexity index is 395. The minimum absolute atomic E-state index is 0.0246. The number of carbonyl (C=O) groups excluding carboxylic acids is 1. The molecule has 1 aliphatic heterocycles. The molecule has 1 N–H and O–H groups in total. The fourth-order valence-corrected chi connectivity index (χ4v) is 1.99. The van der Waals surface area contributed by atoms with Crippen molar-refractivity contribution in [3.05, 3.63) is 29.8 Å². The SMILES string of the molecule is Cc1ccc(N2CC(=O)NCC2(C)C)cc1. The molecule has 1 fully saturated rings. The zero-order valence-electron chi connectivity index (χ0n) is 10.1. The Morgan fingerprint density at radius 3 is 2.50 bits per heavy atom. The number of rotatable bonds is 1. The van der Waals surface area contributed by atoms with E-state index in [-0.39, 0.29) is 11.4 Å². The second-order valence-electron chi connectivity index (χ2n) is 5.01. The first-order valence-electron chi connectivity index (χ1n) is 5.60. The van der Waals surface area contributed by atoms with Gasteiger partial charge in [-0.1, -0.05) is 17.7 Å². The Kier molecular flexibility index (Phi) is 2.62. The minimum atomic E-state index is -0.0246. The summed E-state index contributed by atoms with van der Waals surface area (Å²) in [5.41, 5.74) is 2.33. The number of nitrogens with zero attached hydrogens (tertiary/aromatic N) is 1. The zero-order valence-corrected chi connectivity index (χ0v) is 10.1. The average molecular weight is 218 g/mol. The van der Waals surface area contributed by atoms with Crippen LogP contribution >= 0.6 is 0 Å². The summed E-state index contributed by atoms with van der Waals surface area (Å²) >= 11 is 0. The van der Waals surface area contributed by atoms with Crippen molar-refractivity contribution in [2.24, 2.45) is 0 Å². The van der Waals surface area contributed by atoms with Crippen LogP contribution in [0.3, 0.4) is 0 Å². The van der Waals surface area contributed by atoms with Gasteiger partial charge < -0.3 is 10.2 Å². The monoisotopic (exact) mass is 218 g/mol. The highest BCUT2D eigenvalue weighted by molar-refractivity contribution is 5.83. The van der Waals surface area contributed by atoms with E-state index >= 15 is 0 Å². The average Bonchev–Trinajstić information content (AvgIpc) is 2.23. The predicted octanol–water partition coefficient (Wildman–Crippen LogP) is 1.71. The highest BCUT2D eigenvalue weighted by Crippen LogP contribution is 2.25. The number of aryl methyl sites for hydroxylation is 1. The Hall–Kier alpha value is -1.51. The van der Waals surface area contributed by atoms with E-state index in [9.17, 15) is 4.79 Å². The van der Waals surface area contributed by atoms with Crippen molar-refractivity contribution in [1.29, 1.82) is 0 Å². The van der Waals surface area contributed by atoms with Crippen LogP contribution < -0.4 is 10.2 Å². The number of benzene rings is 1. The van der Waals surface area contributed by atoms with Crippen molar-refractivity contribution in [1.82, 2.24) is 5.32 Å².